The fraction of sp³-hybridized carbons (Fsp3) is 0.217. The monoisotopic (exact) mass is 411 g/mol. The van der Waals surface area contributed by atoms with Crippen molar-refractivity contribution in [1.82, 2.24) is 4.98 Å². The maximum atomic E-state index is 11.7. The molecule has 0 aliphatic carbocycles. The average Bonchev–Trinajstić information content (AvgIpc) is 2.69. The van der Waals surface area contributed by atoms with Gasteiger partial charge in [0, 0.05) is 10.6 Å². The van der Waals surface area contributed by atoms with Crippen LogP contribution in [-0.4, -0.2) is 22.7 Å². The molecule has 0 spiro atoms. The lowest BCUT2D eigenvalue weighted by atomic mass is 10.1. The molecule has 1 aromatic heterocycles. The zero-order valence-corrected chi connectivity index (χ0v) is 17.3. The van der Waals surface area contributed by atoms with Crippen LogP contribution in [-0.2, 0) is 6.61 Å². The van der Waals surface area contributed by atoms with Gasteiger partial charge in [-0.25, -0.2) is 9.78 Å². The second-order valence-electron chi connectivity index (χ2n) is 6.60. The second kappa shape index (κ2) is 8.97. The molecule has 0 radical (unpaired) electrons. The van der Waals surface area contributed by atoms with Gasteiger partial charge in [0.05, 0.1) is 23.6 Å². The SMILES string of the molecule is CCOc1cc(Cl)ccc1-c1ccc(C(=O)O)c(COc2ccc(C)c(C)c2)n1. The third-order valence-corrected chi connectivity index (χ3v) is 4.81. The minimum atomic E-state index is -1.05. The van der Waals surface area contributed by atoms with Crippen LogP contribution in [0.2, 0.25) is 5.02 Å². The van der Waals surface area contributed by atoms with Crippen LogP contribution in [0.3, 0.4) is 0 Å². The highest BCUT2D eigenvalue weighted by molar-refractivity contribution is 6.30. The van der Waals surface area contributed by atoms with Gasteiger partial charge in [-0.15, -0.1) is 0 Å². The Morgan fingerprint density at radius 2 is 1.83 bits per heavy atom. The molecular weight excluding hydrogens is 390 g/mol. The molecule has 0 saturated heterocycles. The van der Waals surface area contributed by atoms with Crippen molar-refractivity contribution in [3.8, 4) is 22.8 Å². The predicted molar refractivity (Wildman–Crippen MR) is 113 cm³/mol. The Kier molecular flexibility index (Phi) is 6.39. The summed E-state index contributed by atoms with van der Waals surface area (Å²) in [5, 5.41) is 10.1. The van der Waals surface area contributed by atoms with Gasteiger partial charge in [-0.3, -0.25) is 0 Å². The van der Waals surface area contributed by atoms with Gasteiger partial charge in [0.1, 0.15) is 18.1 Å². The fourth-order valence-corrected chi connectivity index (χ4v) is 3.06. The van der Waals surface area contributed by atoms with E-state index in [2.05, 4.69) is 4.98 Å². The molecule has 0 amide bonds. The van der Waals surface area contributed by atoms with Crippen LogP contribution in [0.5, 0.6) is 11.5 Å². The van der Waals surface area contributed by atoms with Crippen molar-refractivity contribution in [1.29, 1.82) is 0 Å². The number of nitrogens with zero attached hydrogens (tertiary/aromatic N) is 1. The van der Waals surface area contributed by atoms with E-state index in [0.717, 1.165) is 16.7 Å². The van der Waals surface area contributed by atoms with Crippen LogP contribution in [0.15, 0.2) is 48.5 Å². The first-order chi connectivity index (χ1) is 13.9. The third kappa shape index (κ3) is 4.87. The number of ether oxygens (including phenoxy) is 2. The topological polar surface area (TPSA) is 68.7 Å². The van der Waals surface area contributed by atoms with E-state index in [-0.39, 0.29) is 12.2 Å². The molecule has 0 saturated carbocycles. The average molecular weight is 412 g/mol. The van der Waals surface area contributed by atoms with E-state index in [1.807, 2.05) is 45.0 Å². The van der Waals surface area contributed by atoms with Gasteiger partial charge in [-0.05, 0) is 74.4 Å². The van der Waals surface area contributed by atoms with E-state index in [1.54, 1.807) is 18.2 Å². The number of benzene rings is 2. The summed E-state index contributed by atoms with van der Waals surface area (Å²) >= 11 is 6.08. The maximum Gasteiger partial charge on any atom is 0.337 e. The highest BCUT2D eigenvalue weighted by Crippen LogP contribution is 2.32. The summed E-state index contributed by atoms with van der Waals surface area (Å²) in [6.45, 7) is 6.42. The Labute approximate surface area is 174 Å². The smallest absolute Gasteiger partial charge is 0.337 e. The van der Waals surface area contributed by atoms with Crippen LogP contribution in [0, 0.1) is 13.8 Å². The van der Waals surface area contributed by atoms with Crippen molar-refractivity contribution in [3.63, 3.8) is 0 Å². The highest BCUT2D eigenvalue weighted by atomic mass is 35.5. The summed E-state index contributed by atoms with van der Waals surface area (Å²) in [7, 11) is 0. The molecule has 150 valence electrons. The summed E-state index contributed by atoms with van der Waals surface area (Å²) in [6.07, 6.45) is 0. The van der Waals surface area contributed by atoms with Crippen molar-refractivity contribution in [2.75, 3.05) is 6.61 Å². The molecule has 0 atom stereocenters. The van der Waals surface area contributed by atoms with Gasteiger partial charge in [0.15, 0.2) is 0 Å². The molecule has 0 bridgehead atoms. The first kappa shape index (κ1) is 20.7. The van der Waals surface area contributed by atoms with Gasteiger partial charge >= 0.3 is 5.97 Å². The molecule has 1 N–H and O–H groups in total. The molecule has 1 heterocycles. The molecule has 3 aromatic rings. The van der Waals surface area contributed by atoms with Gasteiger partial charge in [0.2, 0.25) is 0 Å². The number of aromatic nitrogens is 1. The Hall–Kier alpha value is -3.05. The number of carboxylic acids is 1. The van der Waals surface area contributed by atoms with Crippen molar-refractivity contribution in [2.24, 2.45) is 0 Å². The maximum absolute atomic E-state index is 11.7. The number of aromatic carboxylic acids is 1. The second-order valence-corrected chi connectivity index (χ2v) is 7.04. The minimum Gasteiger partial charge on any atom is -0.493 e. The molecule has 0 unspecified atom stereocenters. The summed E-state index contributed by atoms with van der Waals surface area (Å²) in [4.78, 5) is 16.2. The van der Waals surface area contributed by atoms with Crippen molar-refractivity contribution in [2.45, 2.75) is 27.4 Å². The first-order valence-corrected chi connectivity index (χ1v) is 9.62. The van der Waals surface area contributed by atoms with Crippen molar-refractivity contribution < 1.29 is 19.4 Å². The summed E-state index contributed by atoms with van der Waals surface area (Å²) in [5.41, 5.74) is 4.03. The lowest BCUT2D eigenvalue weighted by Crippen LogP contribution is -2.09. The summed E-state index contributed by atoms with van der Waals surface area (Å²) in [6, 6.07) is 14.2. The molecule has 2 aromatic carbocycles. The minimum absolute atomic E-state index is 0.0372. The number of hydrogen-bond acceptors (Lipinski definition) is 4. The number of pyridine rings is 1. The normalized spacial score (nSPS) is 10.6. The fourth-order valence-electron chi connectivity index (χ4n) is 2.89. The van der Waals surface area contributed by atoms with E-state index < -0.39 is 5.97 Å². The summed E-state index contributed by atoms with van der Waals surface area (Å²) in [5.74, 6) is 0.207. The zero-order valence-electron chi connectivity index (χ0n) is 16.5. The number of carbonyl (C=O) groups is 1. The van der Waals surface area contributed by atoms with Crippen LogP contribution in [0.25, 0.3) is 11.3 Å². The van der Waals surface area contributed by atoms with E-state index in [0.29, 0.717) is 34.5 Å². The molecule has 0 aliphatic rings. The van der Waals surface area contributed by atoms with Crippen LogP contribution in [0.1, 0.15) is 34.1 Å². The standard InChI is InChI=1S/C23H22ClNO4/c1-4-28-22-12-16(24)6-8-18(22)20-10-9-19(23(26)27)21(25-20)13-29-17-7-5-14(2)15(3)11-17/h5-12H,4,13H2,1-3H3,(H,26,27). The highest BCUT2D eigenvalue weighted by Gasteiger charge is 2.16. The van der Waals surface area contributed by atoms with Gasteiger partial charge < -0.3 is 14.6 Å². The van der Waals surface area contributed by atoms with E-state index in [4.69, 9.17) is 21.1 Å². The number of rotatable bonds is 7. The van der Waals surface area contributed by atoms with E-state index in [9.17, 15) is 9.90 Å². The zero-order chi connectivity index (χ0) is 21.0. The Morgan fingerprint density at radius 3 is 2.52 bits per heavy atom. The van der Waals surface area contributed by atoms with Gasteiger partial charge in [-0.2, -0.15) is 0 Å². The van der Waals surface area contributed by atoms with Crippen LogP contribution in [0.4, 0.5) is 0 Å². The lowest BCUT2D eigenvalue weighted by molar-refractivity contribution is 0.0693. The summed E-state index contributed by atoms with van der Waals surface area (Å²) < 4.78 is 11.5. The number of carboxylic acid groups (broad SMARTS) is 1. The molecule has 0 aliphatic heterocycles. The van der Waals surface area contributed by atoms with Gasteiger partial charge in [0.25, 0.3) is 0 Å². The Bertz CT molecular complexity index is 1050. The van der Waals surface area contributed by atoms with E-state index >= 15 is 0 Å². The molecule has 5 nitrogen and oxygen atoms in total. The van der Waals surface area contributed by atoms with Crippen molar-refractivity contribution in [3.05, 3.63) is 75.9 Å². The third-order valence-electron chi connectivity index (χ3n) is 4.58. The Balaban J connectivity index is 1.96. The molecule has 6 heteroatoms. The lowest BCUT2D eigenvalue weighted by Gasteiger charge is -2.13. The van der Waals surface area contributed by atoms with E-state index in [1.165, 1.54) is 6.07 Å². The number of aryl methyl sites for hydroxylation is 2. The van der Waals surface area contributed by atoms with Crippen LogP contribution < -0.4 is 9.47 Å². The first-order valence-electron chi connectivity index (χ1n) is 9.25. The molecule has 0 fully saturated rings. The number of hydrogen-bond donors (Lipinski definition) is 1. The van der Waals surface area contributed by atoms with Crippen molar-refractivity contribution >= 4 is 17.6 Å². The molecule has 3 rings (SSSR count). The number of halogens is 1. The molecule has 29 heavy (non-hydrogen) atoms. The predicted octanol–water partition coefficient (Wildman–Crippen LogP) is 5.69. The Morgan fingerprint density at radius 1 is 1.03 bits per heavy atom. The largest absolute Gasteiger partial charge is 0.493 e. The van der Waals surface area contributed by atoms with Gasteiger partial charge in [-0.1, -0.05) is 17.7 Å². The van der Waals surface area contributed by atoms with Crippen LogP contribution >= 0.6 is 11.6 Å². The molecular formula is C23H22ClNO4. The quantitative estimate of drug-likeness (QED) is 0.540.